The summed E-state index contributed by atoms with van der Waals surface area (Å²) in [5, 5.41) is 2.96. The summed E-state index contributed by atoms with van der Waals surface area (Å²) in [7, 11) is 0. The zero-order valence-corrected chi connectivity index (χ0v) is 15.0. The molecule has 1 amide bonds. The molecule has 130 valence electrons. The number of hydrogen-bond donors (Lipinski definition) is 1. The van der Waals surface area contributed by atoms with Crippen LogP contribution in [0.1, 0.15) is 59.8 Å². The fourth-order valence-corrected chi connectivity index (χ4v) is 2.40. The van der Waals surface area contributed by atoms with Crippen molar-refractivity contribution in [3.63, 3.8) is 0 Å². The van der Waals surface area contributed by atoms with E-state index in [2.05, 4.69) is 19.2 Å². The molecule has 4 heteroatoms. The summed E-state index contributed by atoms with van der Waals surface area (Å²) in [5.74, 6) is 0.734. The quantitative estimate of drug-likeness (QED) is 0.596. The predicted octanol–water partition coefficient (Wildman–Crippen LogP) is 4.79. The number of carbonyl (C=O) groups is 1. The number of hydrogen-bond acceptors (Lipinski definition) is 3. The molecule has 0 aliphatic heterocycles. The lowest BCUT2D eigenvalue weighted by Crippen LogP contribution is -2.42. The van der Waals surface area contributed by atoms with Gasteiger partial charge in [-0.15, -0.1) is 0 Å². The lowest BCUT2D eigenvalue weighted by atomic mass is 9.96. The Morgan fingerprint density at radius 1 is 1.09 bits per heavy atom. The summed E-state index contributed by atoms with van der Waals surface area (Å²) in [5.41, 5.74) is -0.0123. The van der Waals surface area contributed by atoms with E-state index in [0.717, 1.165) is 43.5 Å². The van der Waals surface area contributed by atoms with Crippen LogP contribution in [0.3, 0.4) is 0 Å². The lowest BCUT2D eigenvalue weighted by molar-refractivity contribution is -0.139. The van der Waals surface area contributed by atoms with Crippen LogP contribution in [0.4, 0.5) is 5.69 Å². The van der Waals surface area contributed by atoms with E-state index in [1.165, 1.54) is 0 Å². The first kappa shape index (κ1) is 19.5. The second-order valence-corrected chi connectivity index (χ2v) is 5.95. The molecule has 0 saturated heterocycles. The Labute approximate surface area is 140 Å². The molecular weight excluding hydrogens is 290 g/mol. The van der Waals surface area contributed by atoms with Crippen molar-refractivity contribution in [1.82, 2.24) is 0 Å². The van der Waals surface area contributed by atoms with Crippen molar-refractivity contribution in [3.8, 4) is 5.75 Å². The fraction of sp³-hybridized carbons (Fsp3) is 0.632. The largest absolute Gasteiger partial charge is 0.494 e. The minimum absolute atomic E-state index is 0.0855. The molecule has 0 aliphatic rings. The summed E-state index contributed by atoms with van der Waals surface area (Å²) in [6.07, 6.45) is 4.94. The number of anilines is 1. The number of unbranched alkanes of at least 4 members (excludes halogenated alkanes) is 2. The highest BCUT2D eigenvalue weighted by Gasteiger charge is 2.33. The van der Waals surface area contributed by atoms with Gasteiger partial charge in [-0.1, -0.05) is 33.1 Å². The van der Waals surface area contributed by atoms with E-state index in [9.17, 15) is 4.79 Å². The molecule has 4 nitrogen and oxygen atoms in total. The molecule has 1 rings (SSSR count). The highest BCUT2D eigenvalue weighted by Crippen LogP contribution is 2.23. The molecule has 1 aromatic rings. The minimum atomic E-state index is -0.776. The van der Waals surface area contributed by atoms with Gasteiger partial charge in [0, 0.05) is 12.3 Å². The van der Waals surface area contributed by atoms with Crippen molar-refractivity contribution in [2.75, 3.05) is 18.5 Å². The Hall–Kier alpha value is -1.55. The van der Waals surface area contributed by atoms with E-state index in [1.54, 1.807) is 0 Å². The molecule has 0 unspecified atom stereocenters. The van der Waals surface area contributed by atoms with Crippen molar-refractivity contribution in [3.05, 3.63) is 24.3 Å². The SMILES string of the molecule is CCCCC[C@](C)(OCC)C(=O)Nc1ccc(OCCC)cc1. The average molecular weight is 321 g/mol. The second-order valence-electron chi connectivity index (χ2n) is 5.95. The van der Waals surface area contributed by atoms with Crippen LogP contribution in [-0.4, -0.2) is 24.7 Å². The number of amides is 1. The van der Waals surface area contributed by atoms with Gasteiger partial charge in [0.1, 0.15) is 11.4 Å². The van der Waals surface area contributed by atoms with Gasteiger partial charge in [0.25, 0.3) is 5.91 Å². The van der Waals surface area contributed by atoms with Gasteiger partial charge in [-0.25, -0.2) is 0 Å². The third-order valence-electron chi connectivity index (χ3n) is 3.79. The number of rotatable bonds is 11. The summed E-state index contributed by atoms with van der Waals surface area (Å²) >= 11 is 0. The molecular formula is C19H31NO3. The first-order valence-corrected chi connectivity index (χ1v) is 8.74. The van der Waals surface area contributed by atoms with Crippen molar-refractivity contribution in [2.24, 2.45) is 0 Å². The summed E-state index contributed by atoms with van der Waals surface area (Å²) < 4.78 is 11.3. The van der Waals surface area contributed by atoms with Gasteiger partial charge >= 0.3 is 0 Å². The van der Waals surface area contributed by atoms with Crippen LogP contribution in [0.25, 0.3) is 0 Å². The first-order chi connectivity index (χ1) is 11.1. The van der Waals surface area contributed by atoms with E-state index in [0.29, 0.717) is 13.2 Å². The monoisotopic (exact) mass is 321 g/mol. The highest BCUT2D eigenvalue weighted by molar-refractivity contribution is 5.97. The third-order valence-corrected chi connectivity index (χ3v) is 3.79. The average Bonchev–Trinajstić information content (AvgIpc) is 2.54. The molecule has 0 saturated carbocycles. The Kier molecular flexibility index (Phi) is 8.70. The van der Waals surface area contributed by atoms with Crippen molar-refractivity contribution in [2.45, 2.75) is 65.4 Å². The lowest BCUT2D eigenvalue weighted by Gasteiger charge is -2.28. The van der Waals surface area contributed by atoms with Crippen LogP contribution in [0.15, 0.2) is 24.3 Å². The van der Waals surface area contributed by atoms with Crippen LogP contribution in [-0.2, 0) is 9.53 Å². The van der Waals surface area contributed by atoms with E-state index >= 15 is 0 Å². The minimum Gasteiger partial charge on any atom is -0.494 e. The van der Waals surface area contributed by atoms with Gasteiger partial charge in [-0.3, -0.25) is 4.79 Å². The fourth-order valence-electron chi connectivity index (χ4n) is 2.40. The van der Waals surface area contributed by atoms with Crippen molar-refractivity contribution in [1.29, 1.82) is 0 Å². The Balaban J connectivity index is 2.66. The maximum atomic E-state index is 12.6. The summed E-state index contributed by atoms with van der Waals surface area (Å²) in [4.78, 5) is 12.6. The van der Waals surface area contributed by atoms with Crippen LogP contribution < -0.4 is 10.1 Å². The van der Waals surface area contributed by atoms with Gasteiger partial charge in [-0.05, 0) is 51.0 Å². The molecule has 0 aliphatic carbocycles. The molecule has 0 fully saturated rings. The zero-order chi connectivity index (χ0) is 17.1. The van der Waals surface area contributed by atoms with Crippen molar-refractivity contribution >= 4 is 11.6 Å². The number of ether oxygens (including phenoxy) is 2. The molecule has 0 radical (unpaired) electrons. The van der Waals surface area contributed by atoms with Crippen LogP contribution in [0.2, 0.25) is 0 Å². The first-order valence-electron chi connectivity index (χ1n) is 8.74. The second kappa shape index (κ2) is 10.3. The number of benzene rings is 1. The van der Waals surface area contributed by atoms with Gasteiger partial charge in [0.05, 0.1) is 6.61 Å². The van der Waals surface area contributed by atoms with Gasteiger partial charge < -0.3 is 14.8 Å². The van der Waals surface area contributed by atoms with Gasteiger partial charge in [0.15, 0.2) is 0 Å². The maximum absolute atomic E-state index is 12.6. The van der Waals surface area contributed by atoms with Crippen LogP contribution >= 0.6 is 0 Å². The predicted molar refractivity (Wildman–Crippen MR) is 95.0 cm³/mol. The van der Waals surface area contributed by atoms with E-state index in [1.807, 2.05) is 38.1 Å². The third kappa shape index (κ3) is 6.61. The highest BCUT2D eigenvalue weighted by atomic mass is 16.5. The van der Waals surface area contributed by atoms with E-state index in [4.69, 9.17) is 9.47 Å². The normalized spacial score (nSPS) is 13.4. The zero-order valence-electron chi connectivity index (χ0n) is 15.0. The Morgan fingerprint density at radius 2 is 1.78 bits per heavy atom. The molecule has 0 heterocycles. The van der Waals surface area contributed by atoms with Gasteiger partial charge in [-0.2, -0.15) is 0 Å². The van der Waals surface area contributed by atoms with E-state index < -0.39 is 5.60 Å². The maximum Gasteiger partial charge on any atom is 0.256 e. The molecule has 1 aromatic carbocycles. The number of nitrogens with one attached hydrogen (secondary N) is 1. The topological polar surface area (TPSA) is 47.6 Å². The van der Waals surface area contributed by atoms with E-state index in [-0.39, 0.29) is 5.91 Å². The smallest absolute Gasteiger partial charge is 0.256 e. The Morgan fingerprint density at radius 3 is 2.35 bits per heavy atom. The standard InChI is InChI=1S/C19H31NO3/c1-5-8-9-14-19(4,23-7-3)18(21)20-16-10-12-17(13-11-16)22-15-6-2/h10-13H,5-9,14-15H2,1-4H3,(H,20,21)/t19-/m0/s1. The van der Waals surface area contributed by atoms with Crippen LogP contribution in [0.5, 0.6) is 5.75 Å². The Bertz CT molecular complexity index is 458. The van der Waals surface area contributed by atoms with Crippen LogP contribution in [0, 0.1) is 0 Å². The van der Waals surface area contributed by atoms with Crippen molar-refractivity contribution < 1.29 is 14.3 Å². The molecule has 0 bridgehead atoms. The number of carbonyl (C=O) groups excluding carboxylic acids is 1. The summed E-state index contributed by atoms with van der Waals surface area (Å²) in [6.45, 7) is 9.25. The van der Waals surface area contributed by atoms with Gasteiger partial charge in [0.2, 0.25) is 0 Å². The molecule has 1 atom stereocenters. The molecule has 23 heavy (non-hydrogen) atoms. The molecule has 0 spiro atoms. The molecule has 0 aromatic heterocycles. The summed E-state index contributed by atoms with van der Waals surface area (Å²) in [6, 6.07) is 7.48. The molecule has 1 N–H and O–H groups in total.